The van der Waals surface area contributed by atoms with Gasteiger partial charge in [0.2, 0.25) is 0 Å². The van der Waals surface area contributed by atoms with E-state index >= 15 is 0 Å². The molecule has 0 bridgehead atoms. The van der Waals surface area contributed by atoms with E-state index in [4.69, 9.17) is 14.2 Å². The molecular weight excluding hydrogens is 532 g/mol. The van der Waals surface area contributed by atoms with Gasteiger partial charge in [-0.05, 0) is 60.8 Å². The molecule has 9 heteroatoms. The Kier molecular flexibility index (Phi) is 8.09. The molecule has 0 aliphatic carbocycles. The van der Waals surface area contributed by atoms with Gasteiger partial charge in [0, 0.05) is 9.86 Å². The molecule has 1 N–H and O–H groups in total. The van der Waals surface area contributed by atoms with E-state index in [1.165, 1.54) is 11.8 Å². The summed E-state index contributed by atoms with van der Waals surface area (Å²) in [7, 11) is 0. The van der Waals surface area contributed by atoms with Crippen LogP contribution in [0, 0.1) is 0 Å². The highest BCUT2D eigenvalue weighted by Crippen LogP contribution is 2.37. The van der Waals surface area contributed by atoms with Crippen LogP contribution in [0.25, 0.3) is 16.8 Å². The van der Waals surface area contributed by atoms with E-state index in [0.29, 0.717) is 32.7 Å². The van der Waals surface area contributed by atoms with Crippen LogP contribution in [0.5, 0.6) is 11.5 Å². The van der Waals surface area contributed by atoms with E-state index in [9.17, 15) is 9.59 Å². The molecule has 180 valence electrons. The number of nitrogens with one attached hydrogen (secondary N) is 1. The zero-order chi connectivity index (χ0) is 24.8. The number of rotatable bonds is 8. The topological polar surface area (TPSA) is 86.2 Å². The van der Waals surface area contributed by atoms with Crippen LogP contribution in [0.1, 0.15) is 19.4 Å². The monoisotopic (exact) mass is 554 g/mol. The van der Waals surface area contributed by atoms with Crippen LogP contribution in [0.15, 0.2) is 69.0 Å². The van der Waals surface area contributed by atoms with Crippen LogP contribution < -0.4 is 14.8 Å². The van der Waals surface area contributed by atoms with E-state index in [2.05, 4.69) is 26.2 Å². The molecule has 1 heterocycles. The van der Waals surface area contributed by atoms with Crippen LogP contribution in [0.2, 0.25) is 0 Å². The lowest BCUT2D eigenvalue weighted by atomic mass is 10.1. The molecule has 7 nitrogen and oxygen atoms in total. The van der Waals surface area contributed by atoms with Gasteiger partial charge in [-0.2, -0.15) is 0 Å². The Labute approximate surface area is 215 Å². The molecule has 3 aromatic carbocycles. The molecule has 0 atom stereocenters. The summed E-state index contributed by atoms with van der Waals surface area (Å²) in [5.74, 6) is 0.159. The second-order valence-corrected chi connectivity index (χ2v) is 9.21. The summed E-state index contributed by atoms with van der Waals surface area (Å²) in [4.78, 5) is 29.5. The smallest absolute Gasteiger partial charge is 0.344 e. The molecule has 1 fully saturated rings. The van der Waals surface area contributed by atoms with Gasteiger partial charge in [0.05, 0.1) is 23.8 Å². The normalized spacial score (nSPS) is 15.5. The van der Waals surface area contributed by atoms with Gasteiger partial charge in [0.15, 0.2) is 23.3 Å². The molecule has 4 rings (SSSR count). The molecule has 0 radical (unpaired) electrons. The van der Waals surface area contributed by atoms with E-state index in [-0.39, 0.29) is 19.1 Å². The molecule has 0 unspecified atom stereocenters. The van der Waals surface area contributed by atoms with Gasteiger partial charge in [-0.1, -0.05) is 52.3 Å². The lowest BCUT2D eigenvalue weighted by Gasteiger charge is -2.13. The van der Waals surface area contributed by atoms with Crippen LogP contribution in [0.3, 0.4) is 0 Å². The van der Waals surface area contributed by atoms with Crippen LogP contribution in [0.4, 0.5) is 5.69 Å². The third-order valence-corrected chi connectivity index (χ3v) is 6.54. The minimum atomic E-state index is -0.464. The van der Waals surface area contributed by atoms with Crippen molar-refractivity contribution in [2.75, 3.05) is 19.8 Å². The van der Waals surface area contributed by atoms with Crippen LogP contribution >= 0.6 is 27.7 Å². The van der Waals surface area contributed by atoms with Gasteiger partial charge in [-0.3, -0.25) is 4.79 Å². The predicted octanol–water partition coefficient (Wildman–Crippen LogP) is 5.83. The van der Waals surface area contributed by atoms with E-state index in [1.807, 2.05) is 49.4 Å². The fraction of sp³-hybridized carbons (Fsp3) is 0.192. The van der Waals surface area contributed by atoms with Crippen molar-refractivity contribution < 1.29 is 23.8 Å². The van der Waals surface area contributed by atoms with Crippen molar-refractivity contribution in [2.45, 2.75) is 13.8 Å². The Morgan fingerprint density at radius 2 is 1.83 bits per heavy atom. The number of hydrogen-bond donors (Lipinski definition) is 1. The van der Waals surface area contributed by atoms with Crippen molar-refractivity contribution in [1.29, 1.82) is 0 Å². The quantitative estimate of drug-likeness (QED) is 0.278. The highest BCUT2D eigenvalue weighted by molar-refractivity contribution is 9.10. The Bertz CT molecular complexity index is 1330. The van der Waals surface area contributed by atoms with Crippen molar-refractivity contribution in [1.82, 2.24) is 5.32 Å². The number of amides is 1. The SMILES string of the molecule is CCOC(=O)COc1cc(Br)c(/C=C2\SC(=Nc3cccc4ccccc34)NC2=O)cc1OCC. The van der Waals surface area contributed by atoms with Crippen molar-refractivity contribution in [3.63, 3.8) is 0 Å². The third-order valence-electron chi connectivity index (χ3n) is 4.94. The first-order valence-corrected chi connectivity index (χ1v) is 12.6. The number of aliphatic imine (C=N–C) groups is 1. The number of amidine groups is 1. The van der Waals surface area contributed by atoms with Gasteiger partial charge in [-0.15, -0.1) is 0 Å². The fourth-order valence-corrected chi connectivity index (χ4v) is 4.68. The van der Waals surface area contributed by atoms with Gasteiger partial charge in [0.25, 0.3) is 5.91 Å². The fourth-order valence-electron chi connectivity index (χ4n) is 3.42. The molecule has 1 amide bonds. The highest BCUT2D eigenvalue weighted by Gasteiger charge is 2.25. The molecular formula is C26H23BrN2O5S. The second kappa shape index (κ2) is 11.4. The maximum absolute atomic E-state index is 12.7. The molecule has 1 aliphatic rings. The molecule has 1 aliphatic heterocycles. The lowest BCUT2D eigenvalue weighted by molar-refractivity contribution is -0.145. The molecule has 0 aromatic heterocycles. The number of carbonyl (C=O) groups is 2. The first-order valence-electron chi connectivity index (χ1n) is 11.0. The first kappa shape index (κ1) is 24.8. The average Bonchev–Trinajstić information content (AvgIpc) is 3.19. The average molecular weight is 555 g/mol. The summed E-state index contributed by atoms with van der Waals surface area (Å²) in [5, 5.41) is 5.44. The summed E-state index contributed by atoms with van der Waals surface area (Å²) >= 11 is 4.79. The molecule has 0 spiro atoms. The van der Waals surface area contributed by atoms with Crippen LogP contribution in [-0.4, -0.2) is 36.9 Å². The second-order valence-electron chi connectivity index (χ2n) is 7.33. The zero-order valence-corrected chi connectivity index (χ0v) is 21.6. The Morgan fingerprint density at radius 1 is 1.06 bits per heavy atom. The highest BCUT2D eigenvalue weighted by atomic mass is 79.9. The van der Waals surface area contributed by atoms with Crippen molar-refractivity contribution in [3.8, 4) is 11.5 Å². The molecule has 1 saturated heterocycles. The first-order chi connectivity index (χ1) is 17.0. The Balaban J connectivity index is 1.59. The Hall–Kier alpha value is -3.30. The number of ether oxygens (including phenoxy) is 3. The number of carbonyl (C=O) groups excluding carboxylic acids is 2. The third kappa shape index (κ3) is 6.04. The van der Waals surface area contributed by atoms with E-state index in [1.54, 1.807) is 25.1 Å². The van der Waals surface area contributed by atoms with Gasteiger partial charge in [-0.25, -0.2) is 9.79 Å². The van der Waals surface area contributed by atoms with Crippen molar-refractivity contribution in [3.05, 3.63) is 69.5 Å². The maximum atomic E-state index is 12.7. The standard InChI is InChI=1S/C26H23BrN2O5S/c1-3-32-21-12-17(19(27)14-22(21)34-15-24(30)33-4-2)13-23-25(31)29-26(35-23)28-20-11-7-9-16-8-5-6-10-18(16)20/h5-14H,3-4,15H2,1-2H3,(H,28,29,31)/b23-13-. The molecule has 35 heavy (non-hydrogen) atoms. The lowest BCUT2D eigenvalue weighted by Crippen LogP contribution is -2.19. The minimum absolute atomic E-state index is 0.229. The molecule has 3 aromatic rings. The number of hydrogen-bond acceptors (Lipinski definition) is 7. The number of fused-ring (bicyclic) bond motifs is 1. The summed E-state index contributed by atoms with van der Waals surface area (Å²) in [6.07, 6.45) is 1.76. The summed E-state index contributed by atoms with van der Waals surface area (Å²) in [6.45, 7) is 4.04. The summed E-state index contributed by atoms with van der Waals surface area (Å²) in [5.41, 5.74) is 1.51. The number of benzene rings is 3. The van der Waals surface area contributed by atoms with E-state index in [0.717, 1.165) is 22.0 Å². The van der Waals surface area contributed by atoms with Gasteiger partial charge >= 0.3 is 5.97 Å². The predicted molar refractivity (Wildman–Crippen MR) is 142 cm³/mol. The van der Waals surface area contributed by atoms with Gasteiger partial charge < -0.3 is 19.5 Å². The minimum Gasteiger partial charge on any atom is -0.490 e. The van der Waals surface area contributed by atoms with Crippen molar-refractivity contribution in [2.24, 2.45) is 4.99 Å². The van der Waals surface area contributed by atoms with Gasteiger partial charge in [0.1, 0.15) is 0 Å². The number of esters is 1. The largest absolute Gasteiger partial charge is 0.490 e. The van der Waals surface area contributed by atoms with E-state index < -0.39 is 5.97 Å². The number of nitrogens with zero attached hydrogens (tertiary/aromatic N) is 1. The molecule has 0 saturated carbocycles. The number of halogens is 1. The zero-order valence-electron chi connectivity index (χ0n) is 19.2. The summed E-state index contributed by atoms with van der Waals surface area (Å²) < 4.78 is 16.9. The van der Waals surface area contributed by atoms with Crippen molar-refractivity contribution >= 4 is 67.3 Å². The van der Waals surface area contributed by atoms with Crippen LogP contribution in [-0.2, 0) is 14.3 Å². The Morgan fingerprint density at radius 3 is 2.63 bits per heavy atom. The maximum Gasteiger partial charge on any atom is 0.344 e. The number of thioether (sulfide) groups is 1. The summed E-state index contributed by atoms with van der Waals surface area (Å²) in [6, 6.07) is 17.3.